The average Bonchev–Trinajstić information content (AvgIpc) is 2.55. The van der Waals surface area contributed by atoms with E-state index in [1.165, 1.54) is 12.1 Å². The minimum atomic E-state index is -0.316. The van der Waals surface area contributed by atoms with E-state index in [2.05, 4.69) is 11.9 Å². The number of amides is 1. The summed E-state index contributed by atoms with van der Waals surface area (Å²) in [6, 6.07) is 4.65. The SMILES string of the molecule is C=C(NC(=O)/C(C)=C(\C)C(=N)CCC)c1cc(O)ccc1OCC. The van der Waals surface area contributed by atoms with Crippen LogP contribution in [0, 0.1) is 5.41 Å². The zero-order valence-corrected chi connectivity index (χ0v) is 14.8. The third kappa shape index (κ3) is 4.98. The Morgan fingerprint density at radius 3 is 2.54 bits per heavy atom. The molecule has 0 heterocycles. The third-order valence-corrected chi connectivity index (χ3v) is 3.71. The van der Waals surface area contributed by atoms with Crippen molar-refractivity contribution in [3.63, 3.8) is 0 Å². The number of phenolic OH excluding ortho intramolecular Hbond substituents is 1. The first kappa shape index (κ1) is 19.5. The summed E-state index contributed by atoms with van der Waals surface area (Å²) in [5.41, 5.74) is 2.48. The first-order valence-electron chi connectivity index (χ1n) is 8.03. The molecule has 130 valence electrons. The summed E-state index contributed by atoms with van der Waals surface area (Å²) in [5, 5.41) is 20.4. The van der Waals surface area contributed by atoms with E-state index in [4.69, 9.17) is 10.1 Å². The normalized spacial score (nSPS) is 11.5. The van der Waals surface area contributed by atoms with Crippen molar-refractivity contribution >= 4 is 17.3 Å². The first-order valence-corrected chi connectivity index (χ1v) is 8.03. The van der Waals surface area contributed by atoms with Crippen molar-refractivity contribution in [3.05, 3.63) is 41.5 Å². The summed E-state index contributed by atoms with van der Waals surface area (Å²) >= 11 is 0. The van der Waals surface area contributed by atoms with Crippen LogP contribution in [0.5, 0.6) is 11.5 Å². The fourth-order valence-electron chi connectivity index (χ4n) is 2.17. The minimum Gasteiger partial charge on any atom is -0.508 e. The van der Waals surface area contributed by atoms with Gasteiger partial charge in [0.2, 0.25) is 0 Å². The van der Waals surface area contributed by atoms with Crippen molar-refractivity contribution in [1.82, 2.24) is 5.32 Å². The summed E-state index contributed by atoms with van der Waals surface area (Å²) in [7, 11) is 0. The van der Waals surface area contributed by atoms with Gasteiger partial charge in [0.25, 0.3) is 5.91 Å². The quantitative estimate of drug-likeness (QED) is 0.497. The minimum absolute atomic E-state index is 0.0667. The van der Waals surface area contributed by atoms with Crippen molar-refractivity contribution < 1.29 is 14.6 Å². The second-order valence-corrected chi connectivity index (χ2v) is 5.52. The number of aromatic hydroxyl groups is 1. The maximum atomic E-state index is 12.4. The molecule has 0 saturated heterocycles. The Morgan fingerprint density at radius 1 is 1.29 bits per heavy atom. The molecule has 0 unspecified atom stereocenters. The molecule has 0 aliphatic carbocycles. The molecule has 0 aromatic heterocycles. The number of ether oxygens (including phenoxy) is 1. The van der Waals surface area contributed by atoms with Crippen LogP contribution in [0.1, 0.15) is 46.1 Å². The number of benzene rings is 1. The Balaban J connectivity index is 2.99. The lowest BCUT2D eigenvalue weighted by Gasteiger charge is -2.15. The Kier molecular flexibility index (Phi) is 7.24. The molecule has 0 fully saturated rings. The molecule has 0 bridgehead atoms. The molecule has 0 radical (unpaired) electrons. The number of rotatable bonds is 8. The Hall–Kier alpha value is -2.56. The van der Waals surface area contributed by atoms with Crippen molar-refractivity contribution in [2.75, 3.05) is 6.61 Å². The van der Waals surface area contributed by atoms with Gasteiger partial charge in [0.05, 0.1) is 6.61 Å². The van der Waals surface area contributed by atoms with Crippen LogP contribution >= 0.6 is 0 Å². The summed E-state index contributed by atoms with van der Waals surface area (Å²) in [6.07, 6.45) is 1.50. The largest absolute Gasteiger partial charge is 0.508 e. The van der Waals surface area contributed by atoms with Crippen molar-refractivity contribution in [3.8, 4) is 11.5 Å². The number of hydrogen-bond acceptors (Lipinski definition) is 4. The fourth-order valence-corrected chi connectivity index (χ4v) is 2.17. The summed E-state index contributed by atoms with van der Waals surface area (Å²) in [6.45, 7) is 11.6. The van der Waals surface area contributed by atoms with Gasteiger partial charge in [-0.2, -0.15) is 0 Å². The van der Waals surface area contributed by atoms with E-state index >= 15 is 0 Å². The molecule has 0 saturated carbocycles. The average molecular weight is 330 g/mol. The van der Waals surface area contributed by atoms with Crippen molar-refractivity contribution in [1.29, 1.82) is 5.41 Å². The van der Waals surface area contributed by atoms with Crippen LogP contribution in [0.3, 0.4) is 0 Å². The molecule has 3 N–H and O–H groups in total. The van der Waals surface area contributed by atoms with Crippen LogP contribution < -0.4 is 10.1 Å². The predicted molar refractivity (Wildman–Crippen MR) is 97.5 cm³/mol. The Bertz CT molecular complexity index is 675. The van der Waals surface area contributed by atoms with E-state index in [0.29, 0.717) is 46.9 Å². The van der Waals surface area contributed by atoms with Gasteiger partial charge >= 0.3 is 0 Å². The van der Waals surface area contributed by atoms with E-state index in [-0.39, 0.29) is 11.7 Å². The van der Waals surface area contributed by atoms with E-state index in [0.717, 1.165) is 6.42 Å². The van der Waals surface area contributed by atoms with Gasteiger partial charge in [-0.1, -0.05) is 19.9 Å². The third-order valence-electron chi connectivity index (χ3n) is 3.71. The summed E-state index contributed by atoms with van der Waals surface area (Å²) in [4.78, 5) is 12.4. The van der Waals surface area contributed by atoms with Crippen LogP contribution in [-0.4, -0.2) is 23.3 Å². The number of allylic oxidation sites excluding steroid dienone is 1. The Labute approximate surface area is 143 Å². The van der Waals surface area contributed by atoms with Crippen LogP contribution in [0.2, 0.25) is 0 Å². The monoisotopic (exact) mass is 330 g/mol. The molecule has 5 nitrogen and oxygen atoms in total. The van der Waals surface area contributed by atoms with Crippen LogP contribution in [0.4, 0.5) is 0 Å². The first-order chi connectivity index (χ1) is 11.3. The lowest BCUT2D eigenvalue weighted by Crippen LogP contribution is -2.24. The van der Waals surface area contributed by atoms with Gasteiger partial charge in [-0.05, 0) is 51.0 Å². The number of carbonyl (C=O) groups is 1. The number of phenols is 1. The molecular formula is C19H26N2O3. The molecule has 1 amide bonds. The van der Waals surface area contributed by atoms with E-state index in [9.17, 15) is 9.90 Å². The molecule has 1 rings (SSSR count). The number of hydrogen-bond donors (Lipinski definition) is 3. The van der Waals surface area contributed by atoms with Gasteiger partial charge in [0.1, 0.15) is 11.5 Å². The molecule has 1 aromatic carbocycles. The van der Waals surface area contributed by atoms with Gasteiger partial charge in [0.15, 0.2) is 0 Å². The predicted octanol–water partition coefficient (Wildman–Crippen LogP) is 4.03. The maximum Gasteiger partial charge on any atom is 0.251 e. The van der Waals surface area contributed by atoms with Crippen LogP contribution in [0.15, 0.2) is 35.9 Å². The van der Waals surface area contributed by atoms with E-state index < -0.39 is 0 Å². The zero-order valence-electron chi connectivity index (χ0n) is 14.8. The van der Waals surface area contributed by atoms with Gasteiger partial charge < -0.3 is 20.6 Å². The molecule has 0 aliphatic rings. The highest BCUT2D eigenvalue weighted by atomic mass is 16.5. The standard InChI is InChI=1S/C19H26N2O3/c1-6-8-17(20)12(3)13(4)19(23)21-14(5)16-11-15(22)9-10-18(16)24-7-2/h9-11,20,22H,5-8H2,1-4H3,(H,21,23)/b13-12+,20-17?. The van der Waals surface area contributed by atoms with Gasteiger partial charge in [-0.3, -0.25) is 4.79 Å². The van der Waals surface area contributed by atoms with E-state index in [1.54, 1.807) is 19.9 Å². The van der Waals surface area contributed by atoms with Crippen LogP contribution in [-0.2, 0) is 4.79 Å². The topological polar surface area (TPSA) is 82.4 Å². The molecular weight excluding hydrogens is 304 g/mol. The van der Waals surface area contributed by atoms with Crippen LogP contribution in [0.25, 0.3) is 5.70 Å². The highest BCUT2D eigenvalue weighted by Gasteiger charge is 2.15. The number of carbonyl (C=O) groups excluding carboxylic acids is 1. The molecule has 5 heteroatoms. The second-order valence-electron chi connectivity index (χ2n) is 5.52. The molecule has 0 atom stereocenters. The molecule has 0 spiro atoms. The van der Waals surface area contributed by atoms with Gasteiger partial charge in [-0.15, -0.1) is 0 Å². The fraction of sp³-hybridized carbons (Fsp3) is 0.368. The maximum absolute atomic E-state index is 12.4. The lowest BCUT2D eigenvalue weighted by molar-refractivity contribution is -0.116. The number of nitrogens with one attached hydrogen (secondary N) is 2. The highest BCUT2D eigenvalue weighted by Crippen LogP contribution is 2.28. The lowest BCUT2D eigenvalue weighted by atomic mass is 10.0. The molecule has 24 heavy (non-hydrogen) atoms. The van der Waals surface area contributed by atoms with Gasteiger partial charge in [-0.25, -0.2) is 0 Å². The smallest absolute Gasteiger partial charge is 0.251 e. The molecule has 1 aromatic rings. The van der Waals surface area contributed by atoms with Crippen molar-refractivity contribution in [2.24, 2.45) is 0 Å². The summed E-state index contributed by atoms with van der Waals surface area (Å²) < 4.78 is 5.50. The van der Waals surface area contributed by atoms with Crippen molar-refractivity contribution in [2.45, 2.75) is 40.5 Å². The Morgan fingerprint density at radius 2 is 1.96 bits per heavy atom. The zero-order chi connectivity index (χ0) is 18.3. The highest BCUT2D eigenvalue weighted by molar-refractivity contribution is 6.07. The summed E-state index contributed by atoms with van der Waals surface area (Å²) in [5.74, 6) is 0.291. The van der Waals surface area contributed by atoms with E-state index in [1.807, 2.05) is 13.8 Å². The second kappa shape index (κ2) is 8.91. The molecule has 0 aliphatic heterocycles. The van der Waals surface area contributed by atoms with Gasteiger partial charge in [0, 0.05) is 22.5 Å².